The maximum Gasteiger partial charge on any atom is 0.168 e. The molecule has 1 aromatic heterocycles. The minimum Gasteiger partial charge on any atom is -0.493 e. The minimum absolute atomic E-state index is 0.339. The predicted molar refractivity (Wildman–Crippen MR) is 72.2 cm³/mol. The zero-order valence-electron chi connectivity index (χ0n) is 11.1. The van der Waals surface area contributed by atoms with Gasteiger partial charge < -0.3 is 4.74 Å². The molecule has 0 unspecified atom stereocenters. The average Bonchev–Trinajstić information content (AvgIpc) is 2.41. The molecule has 0 fully saturated rings. The third-order valence-corrected chi connectivity index (χ3v) is 3.02. The molecule has 0 saturated carbocycles. The monoisotopic (exact) mass is 261 g/mol. The van der Waals surface area contributed by atoms with Crippen LogP contribution in [0.3, 0.4) is 0 Å². The van der Waals surface area contributed by atoms with Crippen LogP contribution in [-0.2, 0) is 0 Å². The number of hydrogen-bond acceptors (Lipinski definition) is 3. The van der Waals surface area contributed by atoms with Crippen LogP contribution in [0.25, 0.3) is 10.9 Å². The van der Waals surface area contributed by atoms with E-state index in [2.05, 4.69) is 11.9 Å². The Morgan fingerprint density at radius 2 is 2.21 bits per heavy atom. The molecule has 2 aromatic rings. The van der Waals surface area contributed by atoms with Gasteiger partial charge >= 0.3 is 0 Å². The Balaban J connectivity index is 2.57. The largest absolute Gasteiger partial charge is 0.493 e. The maximum absolute atomic E-state index is 13.4. The van der Waals surface area contributed by atoms with Crippen LogP contribution in [0.4, 0.5) is 4.39 Å². The van der Waals surface area contributed by atoms with Crippen LogP contribution in [-0.4, -0.2) is 17.9 Å². The SMILES string of the molecule is CCCCOc1c(C)c(C=O)nc2ccc(F)cc12. The van der Waals surface area contributed by atoms with Crippen LogP contribution < -0.4 is 4.74 Å². The van der Waals surface area contributed by atoms with Crippen LogP contribution in [0.5, 0.6) is 5.75 Å². The molecule has 0 aliphatic carbocycles. The number of halogens is 1. The topological polar surface area (TPSA) is 39.2 Å². The van der Waals surface area contributed by atoms with Gasteiger partial charge in [0, 0.05) is 10.9 Å². The van der Waals surface area contributed by atoms with Crippen molar-refractivity contribution in [1.82, 2.24) is 4.98 Å². The average molecular weight is 261 g/mol. The first-order chi connectivity index (χ1) is 9.17. The third kappa shape index (κ3) is 2.72. The number of benzene rings is 1. The number of aromatic nitrogens is 1. The van der Waals surface area contributed by atoms with E-state index in [1.165, 1.54) is 12.1 Å². The number of aldehydes is 1. The standard InChI is InChI=1S/C15H16FNO2/c1-3-4-7-19-15-10(2)14(9-18)17-13-6-5-11(16)8-12(13)15/h5-6,8-9H,3-4,7H2,1-2H3. The molecule has 0 atom stereocenters. The first-order valence-electron chi connectivity index (χ1n) is 6.35. The second kappa shape index (κ2) is 5.78. The molecule has 0 aliphatic heterocycles. The zero-order valence-corrected chi connectivity index (χ0v) is 11.1. The molecule has 0 bridgehead atoms. The Morgan fingerprint density at radius 3 is 2.89 bits per heavy atom. The predicted octanol–water partition coefficient (Wildman–Crippen LogP) is 3.67. The highest BCUT2D eigenvalue weighted by atomic mass is 19.1. The molecule has 0 aliphatic rings. The van der Waals surface area contributed by atoms with Crippen molar-refractivity contribution < 1.29 is 13.9 Å². The van der Waals surface area contributed by atoms with Crippen molar-refractivity contribution in [2.24, 2.45) is 0 Å². The lowest BCUT2D eigenvalue weighted by Crippen LogP contribution is -2.03. The first-order valence-corrected chi connectivity index (χ1v) is 6.35. The van der Waals surface area contributed by atoms with Gasteiger partial charge in [0.25, 0.3) is 0 Å². The summed E-state index contributed by atoms with van der Waals surface area (Å²) in [7, 11) is 0. The molecule has 19 heavy (non-hydrogen) atoms. The summed E-state index contributed by atoms with van der Waals surface area (Å²) < 4.78 is 19.1. The van der Waals surface area contributed by atoms with Crippen molar-refractivity contribution in [2.45, 2.75) is 26.7 Å². The molecule has 1 aromatic carbocycles. The van der Waals surface area contributed by atoms with Crippen molar-refractivity contribution >= 4 is 17.2 Å². The lowest BCUT2D eigenvalue weighted by Gasteiger charge is -2.13. The number of carbonyl (C=O) groups excluding carboxylic acids is 1. The molecular weight excluding hydrogens is 245 g/mol. The summed E-state index contributed by atoms with van der Waals surface area (Å²) in [6.45, 7) is 4.38. The molecule has 100 valence electrons. The molecule has 0 spiro atoms. The van der Waals surface area contributed by atoms with E-state index in [1.54, 1.807) is 13.0 Å². The van der Waals surface area contributed by atoms with E-state index in [-0.39, 0.29) is 5.82 Å². The normalized spacial score (nSPS) is 10.7. The first kappa shape index (κ1) is 13.5. The number of carbonyl (C=O) groups is 1. The Kier molecular flexibility index (Phi) is 4.10. The molecule has 1 heterocycles. The van der Waals surface area contributed by atoms with Crippen LogP contribution in [0.2, 0.25) is 0 Å². The molecule has 0 saturated heterocycles. The van der Waals surface area contributed by atoms with Crippen molar-refractivity contribution in [3.8, 4) is 5.75 Å². The summed E-state index contributed by atoms with van der Waals surface area (Å²) in [4.78, 5) is 15.2. The Labute approximate surface area is 111 Å². The number of rotatable bonds is 5. The number of pyridine rings is 1. The van der Waals surface area contributed by atoms with Gasteiger partial charge in [-0.1, -0.05) is 13.3 Å². The molecule has 0 N–H and O–H groups in total. The van der Waals surface area contributed by atoms with Crippen molar-refractivity contribution in [2.75, 3.05) is 6.61 Å². The summed E-state index contributed by atoms with van der Waals surface area (Å²) in [6.07, 6.45) is 2.62. The second-order valence-electron chi connectivity index (χ2n) is 4.43. The molecule has 2 rings (SSSR count). The van der Waals surface area contributed by atoms with Crippen molar-refractivity contribution in [3.63, 3.8) is 0 Å². The van der Waals surface area contributed by atoms with Gasteiger partial charge in [-0.05, 0) is 31.5 Å². The Hall–Kier alpha value is -1.97. The lowest BCUT2D eigenvalue weighted by molar-refractivity contribution is 0.111. The molecule has 0 amide bonds. The summed E-state index contributed by atoms with van der Waals surface area (Å²) in [6, 6.07) is 4.28. The Morgan fingerprint density at radius 1 is 1.42 bits per heavy atom. The van der Waals surface area contributed by atoms with Crippen LogP contribution in [0.1, 0.15) is 35.8 Å². The maximum atomic E-state index is 13.4. The van der Waals surface area contributed by atoms with Gasteiger partial charge in [-0.2, -0.15) is 0 Å². The summed E-state index contributed by atoms with van der Waals surface area (Å²) >= 11 is 0. The Bertz CT molecular complexity index is 611. The number of hydrogen-bond donors (Lipinski definition) is 0. The van der Waals surface area contributed by atoms with Crippen LogP contribution in [0.15, 0.2) is 18.2 Å². The quantitative estimate of drug-likeness (QED) is 0.609. The highest BCUT2D eigenvalue weighted by Crippen LogP contribution is 2.30. The number of fused-ring (bicyclic) bond motifs is 1. The molecular formula is C15H16FNO2. The van der Waals surface area contributed by atoms with Gasteiger partial charge in [0.1, 0.15) is 17.3 Å². The second-order valence-corrected chi connectivity index (χ2v) is 4.43. The molecule has 0 radical (unpaired) electrons. The van der Waals surface area contributed by atoms with Gasteiger partial charge in [-0.25, -0.2) is 9.37 Å². The van der Waals surface area contributed by atoms with Crippen LogP contribution in [0, 0.1) is 12.7 Å². The van der Waals surface area contributed by atoms with E-state index < -0.39 is 0 Å². The van der Waals surface area contributed by atoms with Crippen LogP contribution >= 0.6 is 0 Å². The van der Waals surface area contributed by atoms with Gasteiger partial charge in [0.05, 0.1) is 12.1 Å². The van der Waals surface area contributed by atoms with E-state index >= 15 is 0 Å². The highest BCUT2D eigenvalue weighted by Gasteiger charge is 2.13. The van der Waals surface area contributed by atoms with E-state index in [0.717, 1.165) is 12.8 Å². The van der Waals surface area contributed by atoms with Gasteiger partial charge in [-0.15, -0.1) is 0 Å². The van der Waals surface area contributed by atoms with Crippen molar-refractivity contribution in [3.05, 3.63) is 35.3 Å². The number of ether oxygens (including phenoxy) is 1. The molecule has 3 nitrogen and oxygen atoms in total. The van der Waals surface area contributed by atoms with Gasteiger partial charge in [0.15, 0.2) is 6.29 Å². The summed E-state index contributed by atoms with van der Waals surface area (Å²) in [5, 5.41) is 0.610. The van der Waals surface area contributed by atoms with Gasteiger partial charge in [-0.3, -0.25) is 4.79 Å². The van der Waals surface area contributed by atoms with E-state index in [4.69, 9.17) is 4.74 Å². The molecule has 4 heteroatoms. The minimum atomic E-state index is -0.340. The third-order valence-electron chi connectivity index (χ3n) is 3.02. The summed E-state index contributed by atoms with van der Waals surface area (Å²) in [5.74, 6) is 0.216. The summed E-state index contributed by atoms with van der Waals surface area (Å²) in [5.41, 5.74) is 1.57. The number of unbranched alkanes of at least 4 members (excludes halogenated alkanes) is 1. The lowest BCUT2D eigenvalue weighted by atomic mass is 10.1. The highest BCUT2D eigenvalue weighted by molar-refractivity contribution is 5.91. The fraction of sp³-hybridized carbons (Fsp3) is 0.333. The van der Waals surface area contributed by atoms with E-state index in [1.807, 2.05) is 0 Å². The fourth-order valence-corrected chi connectivity index (χ4v) is 1.94. The van der Waals surface area contributed by atoms with E-state index in [0.29, 0.717) is 40.8 Å². The smallest absolute Gasteiger partial charge is 0.168 e. The van der Waals surface area contributed by atoms with Gasteiger partial charge in [0.2, 0.25) is 0 Å². The van der Waals surface area contributed by atoms with Crippen molar-refractivity contribution in [1.29, 1.82) is 0 Å². The van der Waals surface area contributed by atoms with E-state index in [9.17, 15) is 9.18 Å². The zero-order chi connectivity index (χ0) is 13.8. The fourth-order valence-electron chi connectivity index (χ4n) is 1.94. The number of nitrogens with zero attached hydrogens (tertiary/aromatic N) is 1.